The molecule has 1 heterocycles. The van der Waals surface area contributed by atoms with Crippen molar-refractivity contribution in [1.29, 1.82) is 0 Å². The molecule has 1 aliphatic rings. The molecule has 0 saturated carbocycles. The van der Waals surface area contributed by atoms with Crippen LogP contribution in [0.5, 0.6) is 0 Å². The molecule has 2 rings (SSSR count). The van der Waals surface area contributed by atoms with E-state index in [0.29, 0.717) is 15.8 Å². The van der Waals surface area contributed by atoms with Crippen molar-refractivity contribution in [1.82, 2.24) is 0 Å². The van der Waals surface area contributed by atoms with Crippen LogP contribution in [0.3, 0.4) is 0 Å². The predicted molar refractivity (Wildman–Crippen MR) is 110 cm³/mol. The quantitative estimate of drug-likeness (QED) is 0.374. The fourth-order valence-corrected chi connectivity index (χ4v) is 17.0. The maximum absolute atomic E-state index is 6.82. The van der Waals surface area contributed by atoms with Crippen LogP contribution in [0.2, 0.25) is 32.5 Å². The van der Waals surface area contributed by atoms with E-state index in [4.69, 9.17) is 3.10 Å². The molecule has 1 aliphatic heterocycles. The Balaban J connectivity index is 2.37. The second-order valence-corrected chi connectivity index (χ2v) is 22.5. The van der Waals surface area contributed by atoms with Crippen molar-refractivity contribution in [2.24, 2.45) is 11.8 Å². The Labute approximate surface area is 154 Å². The minimum atomic E-state index is -2.43. The molecule has 1 aromatic carbocycles. The fourth-order valence-electron chi connectivity index (χ4n) is 3.31. The summed E-state index contributed by atoms with van der Waals surface area (Å²) in [7, 11) is -1.36. The van der Waals surface area contributed by atoms with E-state index >= 15 is 0 Å². The van der Waals surface area contributed by atoms with Crippen molar-refractivity contribution >= 4 is 26.7 Å². The molecule has 0 amide bonds. The molecule has 0 radical (unpaired) electrons. The van der Waals surface area contributed by atoms with Gasteiger partial charge in [0.1, 0.15) is 0 Å². The Kier molecular flexibility index (Phi) is 6.66. The van der Waals surface area contributed by atoms with Crippen molar-refractivity contribution in [3.8, 4) is 11.5 Å². The van der Waals surface area contributed by atoms with Gasteiger partial charge in [0.15, 0.2) is 0 Å². The van der Waals surface area contributed by atoms with Gasteiger partial charge in [0.2, 0.25) is 0 Å². The summed E-state index contributed by atoms with van der Waals surface area (Å²) in [5.74, 6) is 5.19. The van der Waals surface area contributed by atoms with E-state index in [-0.39, 0.29) is 6.10 Å². The first kappa shape index (κ1) is 20.1. The first-order chi connectivity index (χ1) is 11.1. The Bertz CT molecular complexity index is 582. The van der Waals surface area contributed by atoms with Gasteiger partial charge in [-0.25, -0.2) is 0 Å². The number of hydrogen-bond donors (Lipinski definition) is 0. The second kappa shape index (κ2) is 7.97. The van der Waals surface area contributed by atoms with E-state index in [0.717, 1.165) is 0 Å². The Morgan fingerprint density at radius 3 is 2.00 bits per heavy atom. The molecule has 24 heavy (non-hydrogen) atoms. The number of benzene rings is 1. The SMILES string of the molecule is CC(C)C[Te]1(CC(C)C)O[C@@H](c2ccccc2)[C@@H]1C#C[Si](C)(C)C. The third kappa shape index (κ3) is 5.12. The molecule has 1 fully saturated rings. The van der Waals surface area contributed by atoms with Crippen LogP contribution >= 0.6 is 0 Å². The van der Waals surface area contributed by atoms with Crippen molar-refractivity contribution < 1.29 is 3.10 Å². The summed E-state index contributed by atoms with van der Waals surface area (Å²) in [5, 5.41) is 0. The Morgan fingerprint density at radius 2 is 1.54 bits per heavy atom. The summed E-state index contributed by atoms with van der Waals surface area (Å²) in [6.07, 6.45) is 0.216. The molecule has 1 nitrogen and oxygen atoms in total. The zero-order chi connectivity index (χ0) is 18.0. The first-order valence-electron chi connectivity index (χ1n) is 9.16. The monoisotopic (exact) mass is 460 g/mol. The molecular weight excluding hydrogens is 424 g/mol. The summed E-state index contributed by atoms with van der Waals surface area (Å²) in [4.78, 5) is 0. The molecule has 2 atom stereocenters. The fraction of sp³-hybridized carbons (Fsp3) is 0.619. The van der Waals surface area contributed by atoms with Gasteiger partial charge >= 0.3 is 155 Å². The second-order valence-electron chi connectivity index (χ2n) is 8.86. The Hall–Kier alpha value is -0.254. The van der Waals surface area contributed by atoms with Crippen LogP contribution in [0.25, 0.3) is 0 Å². The van der Waals surface area contributed by atoms with Crippen LogP contribution in [0.1, 0.15) is 39.4 Å². The average Bonchev–Trinajstić information content (AvgIpc) is 2.43. The van der Waals surface area contributed by atoms with Gasteiger partial charge in [0.05, 0.1) is 0 Å². The van der Waals surface area contributed by atoms with E-state index in [1.807, 2.05) is 0 Å². The molecule has 3 heteroatoms. The van der Waals surface area contributed by atoms with Crippen LogP contribution in [0.15, 0.2) is 30.3 Å². The molecule has 0 spiro atoms. The van der Waals surface area contributed by atoms with Crippen molar-refractivity contribution in [2.75, 3.05) is 0 Å². The molecule has 0 unspecified atom stereocenters. The van der Waals surface area contributed by atoms with Gasteiger partial charge in [-0.1, -0.05) is 0 Å². The average molecular weight is 458 g/mol. The number of rotatable bonds is 5. The maximum atomic E-state index is 6.82. The third-order valence-electron chi connectivity index (χ3n) is 3.98. The van der Waals surface area contributed by atoms with Gasteiger partial charge in [-0.15, -0.1) is 0 Å². The van der Waals surface area contributed by atoms with Crippen LogP contribution in [0, 0.1) is 23.3 Å². The molecule has 0 aliphatic carbocycles. The molecular formula is C21H34OSiTe. The van der Waals surface area contributed by atoms with E-state index < -0.39 is 26.7 Å². The van der Waals surface area contributed by atoms with E-state index in [1.54, 1.807) is 0 Å². The zero-order valence-electron chi connectivity index (χ0n) is 16.4. The van der Waals surface area contributed by atoms with E-state index in [9.17, 15) is 0 Å². The molecule has 1 aromatic rings. The van der Waals surface area contributed by atoms with Crippen molar-refractivity contribution in [3.63, 3.8) is 0 Å². The van der Waals surface area contributed by atoms with Crippen LogP contribution in [0.4, 0.5) is 0 Å². The standard InChI is InChI=1S/C21H34OSiTe/c1-17(2)15-24(16-18(3)4)20(13-14-23(5,6)7)21(22-24)19-11-9-8-10-12-19/h8-12,17-18,20-21H,15-16H2,1-7H3/t20-,21-/m0/s1. The molecule has 134 valence electrons. The van der Waals surface area contributed by atoms with Gasteiger partial charge in [-0.3, -0.25) is 0 Å². The van der Waals surface area contributed by atoms with E-state index in [1.165, 1.54) is 14.5 Å². The van der Waals surface area contributed by atoms with Crippen LogP contribution in [-0.2, 0) is 3.10 Å². The van der Waals surface area contributed by atoms with Gasteiger partial charge in [-0.2, -0.15) is 0 Å². The van der Waals surface area contributed by atoms with Gasteiger partial charge in [-0.05, 0) is 0 Å². The van der Waals surface area contributed by atoms with E-state index in [2.05, 4.69) is 89.1 Å². The van der Waals surface area contributed by atoms with Gasteiger partial charge < -0.3 is 0 Å². The summed E-state index contributed by atoms with van der Waals surface area (Å²) >= 11 is -2.43. The van der Waals surface area contributed by atoms with Gasteiger partial charge in [0, 0.05) is 0 Å². The Morgan fingerprint density at radius 1 is 1.00 bits per heavy atom. The summed E-state index contributed by atoms with van der Waals surface area (Å²) < 4.78 is 9.90. The topological polar surface area (TPSA) is 9.23 Å². The van der Waals surface area contributed by atoms with Crippen LogP contribution < -0.4 is 0 Å². The first-order valence-corrected chi connectivity index (χ1v) is 18.3. The minimum absolute atomic E-state index is 0.216. The molecule has 0 aromatic heterocycles. The van der Waals surface area contributed by atoms with Crippen molar-refractivity contribution in [2.45, 2.75) is 66.3 Å². The van der Waals surface area contributed by atoms with Crippen LogP contribution in [-0.4, -0.2) is 26.7 Å². The summed E-state index contributed by atoms with van der Waals surface area (Å²) in [6, 6.07) is 10.8. The zero-order valence-corrected chi connectivity index (χ0v) is 19.8. The third-order valence-corrected chi connectivity index (χ3v) is 17.3. The summed E-state index contributed by atoms with van der Waals surface area (Å²) in [6.45, 7) is 16.4. The number of hydrogen-bond acceptors (Lipinski definition) is 1. The van der Waals surface area contributed by atoms with Gasteiger partial charge in [0.25, 0.3) is 0 Å². The summed E-state index contributed by atoms with van der Waals surface area (Å²) in [5.41, 5.74) is 5.00. The predicted octanol–water partition coefficient (Wildman–Crippen LogP) is 6.27. The molecule has 0 N–H and O–H groups in total. The normalized spacial score (nSPS) is 24.2. The van der Waals surface area contributed by atoms with Crippen molar-refractivity contribution in [3.05, 3.63) is 35.9 Å². The molecule has 1 saturated heterocycles. The molecule has 0 bridgehead atoms.